The van der Waals surface area contributed by atoms with Crippen molar-refractivity contribution < 1.29 is 14.6 Å². The summed E-state index contributed by atoms with van der Waals surface area (Å²) >= 11 is 0. The summed E-state index contributed by atoms with van der Waals surface area (Å²) in [6.45, 7) is 0.818. The second-order valence-corrected chi connectivity index (χ2v) is 6.89. The van der Waals surface area contributed by atoms with Crippen molar-refractivity contribution in [3.63, 3.8) is 0 Å². The van der Waals surface area contributed by atoms with Crippen molar-refractivity contribution in [3.8, 4) is 5.75 Å². The molecule has 1 unspecified atom stereocenters. The number of aryl methyl sites for hydroxylation is 1. The van der Waals surface area contributed by atoms with Crippen molar-refractivity contribution in [1.82, 2.24) is 0 Å². The Bertz CT molecular complexity index is 521. The molecule has 2 fully saturated rings. The number of hydrogen-bond donors (Lipinski definition) is 1. The Balaban J connectivity index is 1.48. The largest absolute Gasteiger partial charge is 0.490 e. The third kappa shape index (κ3) is 2.58. The van der Waals surface area contributed by atoms with Gasteiger partial charge in [-0.2, -0.15) is 0 Å². The molecule has 3 aliphatic rings. The number of aliphatic hydroxyl groups is 1. The Hall–Kier alpha value is -1.06. The zero-order valence-electron chi connectivity index (χ0n) is 12.5. The van der Waals surface area contributed by atoms with Crippen LogP contribution in [0.3, 0.4) is 0 Å². The summed E-state index contributed by atoms with van der Waals surface area (Å²) < 4.78 is 12.2. The molecule has 1 heterocycles. The van der Waals surface area contributed by atoms with Gasteiger partial charge in [-0.15, -0.1) is 0 Å². The zero-order chi connectivity index (χ0) is 14.3. The lowest BCUT2D eigenvalue weighted by Crippen LogP contribution is -2.48. The summed E-state index contributed by atoms with van der Waals surface area (Å²) in [5.41, 5.74) is 2.48. The van der Waals surface area contributed by atoms with E-state index >= 15 is 0 Å². The maximum absolute atomic E-state index is 10.1. The van der Waals surface area contributed by atoms with E-state index < -0.39 is 0 Å². The molecule has 4 rings (SSSR count). The minimum absolute atomic E-state index is 0.122. The van der Waals surface area contributed by atoms with Crippen LogP contribution in [0.2, 0.25) is 0 Å². The van der Waals surface area contributed by atoms with Gasteiger partial charge in [-0.1, -0.05) is 6.07 Å². The van der Waals surface area contributed by atoms with Crippen LogP contribution >= 0.6 is 0 Å². The lowest BCUT2D eigenvalue weighted by Gasteiger charge is -2.46. The van der Waals surface area contributed by atoms with E-state index in [2.05, 4.69) is 18.2 Å². The highest BCUT2D eigenvalue weighted by Crippen LogP contribution is 2.43. The monoisotopic (exact) mass is 288 g/mol. The fourth-order valence-corrected chi connectivity index (χ4v) is 4.02. The summed E-state index contributed by atoms with van der Waals surface area (Å²) in [4.78, 5) is 0. The summed E-state index contributed by atoms with van der Waals surface area (Å²) in [6.07, 6.45) is 8.64. The molecule has 0 bridgehead atoms. The normalized spacial score (nSPS) is 30.5. The van der Waals surface area contributed by atoms with Crippen molar-refractivity contribution in [2.45, 2.75) is 69.2 Å². The molecule has 1 saturated heterocycles. The Labute approximate surface area is 126 Å². The van der Waals surface area contributed by atoms with Gasteiger partial charge in [0.1, 0.15) is 11.9 Å². The van der Waals surface area contributed by atoms with E-state index in [-0.39, 0.29) is 17.8 Å². The number of rotatable bonds is 2. The van der Waals surface area contributed by atoms with Gasteiger partial charge in [0.15, 0.2) is 0 Å². The first-order chi connectivity index (χ1) is 10.2. The minimum atomic E-state index is -0.315. The van der Waals surface area contributed by atoms with Crippen LogP contribution in [0.1, 0.15) is 62.2 Å². The van der Waals surface area contributed by atoms with Crippen LogP contribution in [0.4, 0.5) is 0 Å². The second-order valence-electron chi connectivity index (χ2n) is 6.89. The first kappa shape index (κ1) is 13.6. The topological polar surface area (TPSA) is 38.7 Å². The molecule has 21 heavy (non-hydrogen) atoms. The molecule has 1 aromatic rings. The van der Waals surface area contributed by atoms with E-state index in [0.29, 0.717) is 0 Å². The van der Waals surface area contributed by atoms with Crippen molar-refractivity contribution in [1.29, 1.82) is 0 Å². The van der Waals surface area contributed by atoms with E-state index in [1.54, 1.807) is 0 Å². The maximum atomic E-state index is 10.1. The summed E-state index contributed by atoms with van der Waals surface area (Å²) in [7, 11) is 0. The summed E-state index contributed by atoms with van der Waals surface area (Å²) in [6, 6.07) is 6.26. The second kappa shape index (κ2) is 5.29. The third-order valence-electron chi connectivity index (χ3n) is 5.42. The average Bonchev–Trinajstić information content (AvgIpc) is 2.47. The zero-order valence-corrected chi connectivity index (χ0v) is 12.5. The Kier molecular flexibility index (Phi) is 3.43. The fraction of sp³-hybridized carbons (Fsp3) is 0.667. The first-order valence-corrected chi connectivity index (χ1v) is 8.36. The lowest BCUT2D eigenvalue weighted by atomic mass is 9.74. The van der Waals surface area contributed by atoms with Gasteiger partial charge in [-0.25, -0.2) is 0 Å². The summed E-state index contributed by atoms with van der Waals surface area (Å²) in [5.74, 6) is 0.913. The lowest BCUT2D eigenvalue weighted by molar-refractivity contribution is -0.153. The highest BCUT2D eigenvalue weighted by Gasteiger charge is 2.43. The number of benzene rings is 1. The van der Waals surface area contributed by atoms with Crippen molar-refractivity contribution in [3.05, 3.63) is 29.3 Å². The average molecular weight is 288 g/mol. The molecule has 1 aliphatic heterocycles. The predicted molar refractivity (Wildman–Crippen MR) is 80.5 cm³/mol. The molecule has 2 atom stereocenters. The van der Waals surface area contributed by atoms with Gasteiger partial charge in [-0.05, 0) is 61.8 Å². The molecular weight excluding hydrogens is 264 g/mol. The van der Waals surface area contributed by atoms with Crippen molar-refractivity contribution in [2.75, 3.05) is 6.61 Å². The van der Waals surface area contributed by atoms with Gasteiger partial charge in [0.2, 0.25) is 0 Å². The Morgan fingerprint density at radius 1 is 1.19 bits per heavy atom. The number of hydrogen-bond acceptors (Lipinski definition) is 3. The molecule has 0 amide bonds. The highest BCUT2D eigenvalue weighted by molar-refractivity contribution is 5.38. The Morgan fingerprint density at radius 3 is 2.90 bits per heavy atom. The van der Waals surface area contributed by atoms with E-state index in [1.807, 2.05) is 0 Å². The van der Waals surface area contributed by atoms with Gasteiger partial charge in [0, 0.05) is 12.8 Å². The molecule has 0 radical (unpaired) electrons. The maximum Gasteiger partial charge on any atom is 0.120 e. The van der Waals surface area contributed by atoms with Gasteiger partial charge >= 0.3 is 0 Å². The molecular formula is C18H24O3. The van der Waals surface area contributed by atoms with Gasteiger partial charge in [0.25, 0.3) is 0 Å². The predicted octanol–water partition coefficient (Wildman–Crippen LogP) is 3.54. The van der Waals surface area contributed by atoms with Crippen LogP contribution in [0, 0.1) is 0 Å². The van der Waals surface area contributed by atoms with E-state index in [4.69, 9.17) is 9.47 Å². The number of ether oxygens (including phenoxy) is 2. The van der Waals surface area contributed by atoms with Crippen molar-refractivity contribution in [2.24, 2.45) is 0 Å². The molecule has 114 valence electrons. The highest BCUT2D eigenvalue weighted by atomic mass is 16.5. The molecule has 0 aromatic heterocycles. The fourth-order valence-electron chi connectivity index (χ4n) is 4.02. The Morgan fingerprint density at radius 2 is 2.10 bits per heavy atom. The SMILES string of the molecule is O[C@H]1CCCc2ccc(OC3CCOC4(CCC4)C3)cc21. The standard InChI is InChI=1S/C18H24O3/c19-17-4-1-3-13-5-6-14(11-16(13)17)21-15-7-10-20-18(12-15)8-2-9-18/h5-6,11,15,17,19H,1-4,7-10,12H2/t15?,17-/m0/s1. The van der Waals surface area contributed by atoms with Gasteiger partial charge < -0.3 is 14.6 Å². The van der Waals surface area contributed by atoms with E-state index in [0.717, 1.165) is 50.0 Å². The molecule has 3 heteroatoms. The van der Waals surface area contributed by atoms with Gasteiger partial charge in [-0.3, -0.25) is 0 Å². The van der Waals surface area contributed by atoms with Crippen LogP contribution < -0.4 is 4.74 Å². The van der Waals surface area contributed by atoms with E-state index in [1.165, 1.54) is 24.8 Å². The third-order valence-corrected chi connectivity index (χ3v) is 5.42. The molecule has 1 aromatic carbocycles. The quantitative estimate of drug-likeness (QED) is 0.904. The molecule has 2 aliphatic carbocycles. The molecule has 1 spiro atoms. The van der Waals surface area contributed by atoms with Gasteiger partial charge in [0.05, 0.1) is 18.3 Å². The first-order valence-electron chi connectivity index (χ1n) is 8.36. The van der Waals surface area contributed by atoms with Crippen LogP contribution in [0.15, 0.2) is 18.2 Å². The van der Waals surface area contributed by atoms with E-state index in [9.17, 15) is 5.11 Å². The smallest absolute Gasteiger partial charge is 0.120 e. The number of fused-ring (bicyclic) bond motifs is 1. The van der Waals surface area contributed by atoms with Crippen molar-refractivity contribution >= 4 is 0 Å². The van der Waals surface area contributed by atoms with Crippen LogP contribution in [-0.4, -0.2) is 23.4 Å². The molecule has 1 N–H and O–H groups in total. The minimum Gasteiger partial charge on any atom is -0.490 e. The van der Waals surface area contributed by atoms with Crippen LogP contribution in [-0.2, 0) is 11.2 Å². The van der Waals surface area contributed by atoms with Crippen LogP contribution in [0.25, 0.3) is 0 Å². The summed E-state index contributed by atoms with van der Waals surface area (Å²) in [5, 5.41) is 10.1. The molecule has 3 nitrogen and oxygen atoms in total. The number of aliphatic hydroxyl groups excluding tert-OH is 1. The van der Waals surface area contributed by atoms with Crippen LogP contribution in [0.5, 0.6) is 5.75 Å². The molecule has 1 saturated carbocycles.